The number of nitrogens with one attached hydrogen (secondary N) is 1. The number of nitrogens with two attached hydrogens (primary N) is 1. The maximum absolute atomic E-state index is 11.2. The molecule has 0 spiro atoms. The number of carbonyl (C=O) groups is 1. The van der Waals surface area contributed by atoms with Gasteiger partial charge in [-0.2, -0.15) is 0 Å². The topological polar surface area (TPSA) is 81.2 Å². The van der Waals surface area contributed by atoms with Gasteiger partial charge in [-0.05, 0) is 11.6 Å². The van der Waals surface area contributed by atoms with Gasteiger partial charge in [0.2, 0.25) is 5.91 Å². The average molecular weight is 231 g/mol. The van der Waals surface area contributed by atoms with Crippen LogP contribution in [-0.4, -0.2) is 11.1 Å². The molecular weight excluding hydrogens is 218 g/mol. The molecule has 0 radical (unpaired) electrons. The highest BCUT2D eigenvalue weighted by atomic mass is 16.5. The second-order valence-electron chi connectivity index (χ2n) is 3.62. The van der Waals surface area contributed by atoms with E-state index in [1.54, 1.807) is 18.2 Å². The number of primary amides is 1. The largest absolute Gasteiger partial charge is 0.366 e. The number of hydrogen-bond acceptors (Lipinski definition) is 4. The molecule has 3 N–H and O–H groups in total. The SMILES string of the molecule is NC(=O)c1ccccc1CNCc1ccon1. The lowest BCUT2D eigenvalue weighted by molar-refractivity contribution is 0.0999. The van der Waals surface area contributed by atoms with Gasteiger partial charge >= 0.3 is 0 Å². The lowest BCUT2D eigenvalue weighted by atomic mass is 10.1. The van der Waals surface area contributed by atoms with Gasteiger partial charge < -0.3 is 15.6 Å². The molecule has 5 heteroatoms. The van der Waals surface area contributed by atoms with E-state index >= 15 is 0 Å². The summed E-state index contributed by atoms with van der Waals surface area (Å²) in [5, 5.41) is 6.94. The Labute approximate surface area is 98.6 Å². The van der Waals surface area contributed by atoms with Gasteiger partial charge in [0.1, 0.15) is 6.26 Å². The second kappa shape index (κ2) is 5.27. The first-order valence-corrected chi connectivity index (χ1v) is 5.25. The van der Waals surface area contributed by atoms with E-state index in [0.717, 1.165) is 11.3 Å². The Morgan fingerprint density at radius 1 is 1.29 bits per heavy atom. The Hall–Kier alpha value is -2.14. The molecule has 17 heavy (non-hydrogen) atoms. The Morgan fingerprint density at radius 3 is 2.82 bits per heavy atom. The van der Waals surface area contributed by atoms with Gasteiger partial charge in [0.25, 0.3) is 0 Å². The van der Waals surface area contributed by atoms with Crippen LogP contribution in [0.1, 0.15) is 21.6 Å². The highest BCUT2D eigenvalue weighted by Gasteiger charge is 2.06. The predicted octanol–water partition coefficient (Wildman–Crippen LogP) is 1.06. The number of hydrogen-bond donors (Lipinski definition) is 2. The summed E-state index contributed by atoms with van der Waals surface area (Å²) in [6.45, 7) is 1.15. The fraction of sp³-hybridized carbons (Fsp3) is 0.167. The van der Waals surface area contributed by atoms with Crippen LogP contribution in [0.25, 0.3) is 0 Å². The third-order valence-electron chi connectivity index (χ3n) is 2.40. The second-order valence-corrected chi connectivity index (χ2v) is 3.62. The molecule has 0 aliphatic heterocycles. The summed E-state index contributed by atoms with van der Waals surface area (Å²) in [7, 11) is 0. The summed E-state index contributed by atoms with van der Waals surface area (Å²) in [5.41, 5.74) is 7.53. The van der Waals surface area contributed by atoms with Crippen LogP contribution in [0.3, 0.4) is 0 Å². The first kappa shape index (κ1) is 11.3. The minimum atomic E-state index is -0.413. The Morgan fingerprint density at radius 2 is 2.12 bits per heavy atom. The molecule has 0 atom stereocenters. The van der Waals surface area contributed by atoms with Gasteiger partial charge in [0, 0.05) is 24.7 Å². The van der Waals surface area contributed by atoms with Crippen LogP contribution >= 0.6 is 0 Å². The molecule has 0 fully saturated rings. The zero-order valence-electron chi connectivity index (χ0n) is 9.22. The van der Waals surface area contributed by atoms with Crippen molar-refractivity contribution in [1.29, 1.82) is 0 Å². The molecule has 0 saturated heterocycles. The fourth-order valence-corrected chi connectivity index (χ4v) is 1.57. The van der Waals surface area contributed by atoms with Gasteiger partial charge in [-0.3, -0.25) is 4.79 Å². The van der Waals surface area contributed by atoms with E-state index in [9.17, 15) is 4.79 Å². The van der Waals surface area contributed by atoms with E-state index < -0.39 is 5.91 Å². The first-order chi connectivity index (χ1) is 8.27. The van der Waals surface area contributed by atoms with E-state index in [4.69, 9.17) is 10.3 Å². The van der Waals surface area contributed by atoms with Crippen LogP contribution in [0, 0.1) is 0 Å². The minimum absolute atomic E-state index is 0.413. The van der Waals surface area contributed by atoms with E-state index in [2.05, 4.69) is 10.5 Å². The maximum atomic E-state index is 11.2. The van der Waals surface area contributed by atoms with Crippen LogP contribution in [0.2, 0.25) is 0 Å². The molecule has 1 aromatic carbocycles. The Balaban J connectivity index is 1.97. The molecule has 88 valence electrons. The molecular formula is C12H13N3O2. The molecule has 0 aliphatic carbocycles. The normalized spacial score (nSPS) is 10.4. The Bertz CT molecular complexity index is 494. The first-order valence-electron chi connectivity index (χ1n) is 5.25. The molecule has 1 amide bonds. The summed E-state index contributed by atoms with van der Waals surface area (Å²) >= 11 is 0. The zero-order chi connectivity index (χ0) is 12.1. The highest BCUT2D eigenvalue weighted by Crippen LogP contribution is 2.07. The molecule has 0 unspecified atom stereocenters. The highest BCUT2D eigenvalue weighted by molar-refractivity contribution is 5.94. The van der Waals surface area contributed by atoms with Crippen molar-refractivity contribution in [2.45, 2.75) is 13.1 Å². The van der Waals surface area contributed by atoms with Gasteiger partial charge in [-0.25, -0.2) is 0 Å². The Kier molecular flexibility index (Phi) is 3.52. The summed E-state index contributed by atoms with van der Waals surface area (Å²) in [4.78, 5) is 11.2. The van der Waals surface area contributed by atoms with Crippen molar-refractivity contribution in [2.75, 3.05) is 0 Å². The smallest absolute Gasteiger partial charge is 0.249 e. The molecule has 2 rings (SSSR count). The monoisotopic (exact) mass is 231 g/mol. The third kappa shape index (κ3) is 2.92. The lowest BCUT2D eigenvalue weighted by Gasteiger charge is -2.06. The van der Waals surface area contributed by atoms with Gasteiger partial charge in [0.05, 0.1) is 5.69 Å². The molecule has 5 nitrogen and oxygen atoms in total. The molecule has 0 bridgehead atoms. The molecule has 1 aromatic heterocycles. The molecule has 0 saturated carbocycles. The summed E-state index contributed by atoms with van der Waals surface area (Å²) in [6, 6.07) is 9.04. The summed E-state index contributed by atoms with van der Waals surface area (Å²) in [6.07, 6.45) is 1.52. The quantitative estimate of drug-likeness (QED) is 0.806. The number of aromatic nitrogens is 1. The van der Waals surface area contributed by atoms with Crippen molar-refractivity contribution >= 4 is 5.91 Å². The van der Waals surface area contributed by atoms with Crippen molar-refractivity contribution < 1.29 is 9.32 Å². The number of benzene rings is 1. The van der Waals surface area contributed by atoms with Crippen molar-refractivity contribution in [1.82, 2.24) is 10.5 Å². The van der Waals surface area contributed by atoms with Crippen LogP contribution in [0.5, 0.6) is 0 Å². The van der Waals surface area contributed by atoms with Crippen molar-refractivity contribution in [3.63, 3.8) is 0 Å². The predicted molar refractivity (Wildman–Crippen MR) is 62.0 cm³/mol. The van der Waals surface area contributed by atoms with Crippen LogP contribution in [0.15, 0.2) is 41.1 Å². The van der Waals surface area contributed by atoms with Crippen LogP contribution in [-0.2, 0) is 13.1 Å². The number of nitrogens with zero attached hydrogens (tertiary/aromatic N) is 1. The number of carbonyl (C=O) groups excluding carboxylic acids is 1. The zero-order valence-corrected chi connectivity index (χ0v) is 9.22. The van der Waals surface area contributed by atoms with Crippen molar-refractivity contribution in [3.05, 3.63) is 53.4 Å². The molecule has 0 aliphatic rings. The molecule has 1 heterocycles. The van der Waals surface area contributed by atoms with E-state index in [1.165, 1.54) is 6.26 Å². The van der Waals surface area contributed by atoms with E-state index in [0.29, 0.717) is 18.7 Å². The standard InChI is InChI=1S/C12H13N3O2/c13-12(16)11-4-2-1-3-9(11)7-14-8-10-5-6-17-15-10/h1-6,14H,7-8H2,(H2,13,16). The maximum Gasteiger partial charge on any atom is 0.249 e. The number of rotatable bonds is 5. The van der Waals surface area contributed by atoms with Crippen molar-refractivity contribution in [3.8, 4) is 0 Å². The number of amides is 1. The van der Waals surface area contributed by atoms with Crippen LogP contribution in [0.4, 0.5) is 0 Å². The van der Waals surface area contributed by atoms with Crippen LogP contribution < -0.4 is 11.1 Å². The van der Waals surface area contributed by atoms with Gasteiger partial charge in [-0.1, -0.05) is 23.4 Å². The van der Waals surface area contributed by atoms with Crippen molar-refractivity contribution in [2.24, 2.45) is 5.73 Å². The van der Waals surface area contributed by atoms with E-state index in [-0.39, 0.29) is 0 Å². The minimum Gasteiger partial charge on any atom is -0.366 e. The third-order valence-corrected chi connectivity index (χ3v) is 2.40. The summed E-state index contributed by atoms with van der Waals surface area (Å²) in [5.74, 6) is -0.413. The summed E-state index contributed by atoms with van der Waals surface area (Å²) < 4.78 is 4.72. The molecule has 2 aromatic rings. The van der Waals surface area contributed by atoms with Gasteiger partial charge in [0.15, 0.2) is 0 Å². The average Bonchev–Trinajstić information content (AvgIpc) is 2.82. The van der Waals surface area contributed by atoms with E-state index in [1.807, 2.05) is 12.1 Å². The van der Waals surface area contributed by atoms with Gasteiger partial charge in [-0.15, -0.1) is 0 Å². The lowest BCUT2D eigenvalue weighted by Crippen LogP contribution is -2.18. The fourth-order valence-electron chi connectivity index (χ4n) is 1.57.